The maximum absolute atomic E-state index is 6.68. The number of thiophene rings is 1. The van der Waals surface area contributed by atoms with E-state index in [1.807, 2.05) is 11.3 Å². The Bertz CT molecular complexity index is 3460. The van der Waals surface area contributed by atoms with Gasteiger partial charge in [0.25, 0.3) is 0 Å². The number of benzene rings is 9. The van der Waals surface area contributed by atoms with Crippen LogP contribution in [0.3, 0.4) is 0 Å². The molecule has 0 aliphatic heterocycles. The Morgan fingerprint density at radius 2 is 0.963 bits per heavy atom. The molecule has 4 heteroatoms. The van der Waals surface area contributed by atoms with Crippen molar-refractivity contribution in [3.05, 3.63) is 176 Å². The van der Waals surface area contributed by atoms with E-state index >= 15 is 0 Å². The Morgan fingerprint density at radius 1 is 0.389 bits per heavy atom. The highest BCUT2D eigenvalue weighted by atomic mass is 32.1. The Morgan fingerprint density at radius 3 is 1.70 bits per heavy atom. The van der Waals surface area contributed by atoms with Crippen LogP contribution < -0.4 is 4.90 Å². The standard InChI is InChI=1S/C50H29NO2S/c1-3-11-36-30(9-1)21-26-40-47-35(14-7-16-43(47)52-49(36)40)32-19-23-33(24-20-32)51(34-25-28-39-38-13-5-6-18-45(38)54-46(39)29-34)42-15-8-17-44-48(42)41-27-22-31-10-2-4-12-37(31)50(41)53-44/h1-29H. The van der Waals surface area contributed by atoms with Gasteiger partial charge in [0, 0.05) is 58.5 Å². The van der Waals surface area contributed by atoms with Crippen molar-refractivity contribution >= 4 is 114 Å². The van der Waals surface area contributed by atoms with Crippen molar-refractivity contribution in [2.45, 2.75) is 0 Å². The molecule has 9 aromatic carbocycles. The summed E-state index contributed by atoms with van der Waals surface area (Å²) >= 11 is 1.84. The average Bonchev–Trinajstić information content (AvgIpc) is 3.93. The lowest BCUT2D eigenvalue weighted by molar-refractivity contribution is 0.672. The molecule has 0 atom stereocenters. The summed E-state index contributed by atoms with van der Waals surface area (Å²) < 4.78 is 15.8. The number of rotatable bonds is 4. The van der Waals surface area contributed by atoms with Crippen LogP contribution in [-0.4, -0.2) is 0 Å². The van der Waals surface area contributed by atoms with E-state index in [0.29, 0.717) is 0 Å². The Hall–Kier alpha value is -6.88. The van der Waals surface area contributed by atoms with Gasteiger partial charge in [0.1, 0.15) is 22.3 Å². The van der Waals surface area contributed by atoms with E-state index in [2.05, 4.69) is 181 Å². The van der Waals surface area contributed by atoms with Crippen LogP contribution in [-0.2, 0) is 0 Å². The van der Waals surface area contributed by atoms with Gasteiger partial charge in [-0.15, -0.1) is 11.3 Å². The molecule has 0 amide bonds. The molecule has 0 saturated carbocycles. The molecule has 12 rings (SSSR count). The molecule has 0 aliphatic carbocycles. The number of nitrogens with zero attached hydrogens (tertiary/aromatic N) is 1. The van der Waals surface area contributed by atoms with Crippen LogP contribution in [0.25, 0.3) is 96.7 Å². The first kappa shape index (κ1) is 29.7. The molecule has 3 heterocycles. The van der Waals surface area contributed by atoms with Crippen molar-refractivity contribution < 1.29 is 8.83 Å². The lowest BCUT2D eigenvalue weighted by atomic mass is 9.98. The summed E-state index contributed by atoms with van der Waals surface area (Å²) in [5.41, 5.74) is 9.14. The van der Waals surface area contributed by atoms with Gasteiger partial charge in [0.15, 0.2) is 0 Å². The number of fused-ring (bicyclic) bond motifs is 13. The molecule has 12 aromatic rings. The summed E-state index contributed by atoms with van der Waals surface area (Å²) in [7, 11) is 0. The average molecular weight is 708 g/mol. The number of hydrogen-bond donors (Lipinski definition) is 0. The van der Waals surface area contributed by atoms with Crippen molar-refractivity contribution in [3.63, 3.8) is 0 Å². The highest BCUT2D eigenvalue weighted by molar-refractivity contribution is 7.25. The summed E-state index contributed by atoms with van der Waals surface area (Å²) in [6, 6.07) is 63.0. The van der Waals surface area contributed by atoms with E-state index in [1.54, 1.807) is 0 Å². The van der Waals surface area contributed by atoms with E-state index < -0.39 is 0 Å². The summed E-state index contributed by atoms with van der Waals surface area (Å²) in [6.45, 7) is 0. The molecular formula is C50H29NO2S. The molecule has 0 radical (unpaired) electrons. The highest BCUT2D eigenvalue weighted by Gasteiger charge is 2.22. The van der Waals surface area contributed by atoms with E-state index in [9.17, 15) is 0 Å². The third-order valence-electron chi connectivity index (χ3n) is 11.1. The number of anilines is 3. The molecule has 0 bridgehead atoms. The third-order valence-corrected chi connectivity index (χ3v) is 12.2. The van der Waals surface area contributed by atoms with Crippen LogP contribution in [0, 0.1) is 0 Å². The van der Waals surface area contributed by atoms with Gasteiger partial charge in [-0.2, -0.15) is 0 Å². The van der Waals surface area contributed by atoms with Crippen molar-refractivity contribution in [1.29, 1.82) is 0 Å². The summed E-state index contributed by atoms with van der Waals surface area (Å²) in [5, 5.41) is 11.6. The van der Waals surface area contributed by atoms with Gasteiger partial charge in [-0.05, 0) is 82.6 Å². The van der Waals surface area contributed by atoms with E-state index in [0.717, 1.165) is 82.8 Å². The van der Waals surface area contributed by atoms with Gasteiger partial charge in [0.2, 0.25) is 0 Å². The van der Waals surface area contributed by atoms with Crippen LogP contribution in [0.15, 0.2) is 185 Å². The van der Waals surface area contributed by atoms with Crippen LogP contribution in [0.4, 0.5) is 17.1 Å². The zero-order chi connectivity index (χ0) is 35.3. The van der Waals surface area contributed by atoms with Crippen molar-refractivity contribution in [1.82, 2.24) is 0 Å². The second-order valence-electron chi connectivity index (χ2n) is 14.0. The van der Waals surface area contributed by atoms with Crippen molar-refractivity contribution in [2.75, 3.05) is 4.90 Å². The molecule has 0 aliphatic rings. The monoisotopic (exact) mass is 707 g/mol. The van der Waals surface area contributed by atoms with Crippen LogP contribution in [0.5, 0.6) is 0 Å². The fourth-order valence-electron chi connectivity index (χ4n) is 8.59. The summed E-state index contributed by atoms with van der Waals surface area (Å²) in [4.78, 5) is 2.39. The minimum absolute atomic E-state index is 0.870. The Kier molecular flexibility index (Phi) is 6.21. The fraction of sp³-hybridized carbons (Fsp3) is 0. The first-order chi connectivity index (χ1) is 26.8. The van der Waals surface area contributed by atoms with Gasteiger partial charge in [0.05, 0.1) is 11.1 Å². The van der Waals surface area contributed by atoms with Gasteiger partial charge in [-0.1, -0.05) is 115 Å². The first-order valence-corrected chi connectivity index (χ1v) is 19.1. The largest absolute Gasteiger partial charge is 0.455 e. The van der Waals surface area contributed by atoms with E-state index in [-0.39, 0.29) is 0 Å². The highest BCUT2D eigenvalue weighted by Crippen LogP contribution is 2.47. The predicted octanol–water partition coefficient (Wildman–Crippen LogP) is 15.3. The molecule has 0 saturated heterocycles. The molecule has 0 N–H and O–H groups in total. The Balaban J connectivity index is 1.07. The maximum Gasteiger partial charge on any atom is 0.143 e. The lowest BCUT2D eigenvalue weighted by Gasteiger charge is -2.26. The van der Waals surface area contributed by atoms with Gasteiger partial charge in [-0.25, -0.2) is 0 Å². The zero-order valence-electron chi connectivity index (χ0n) is 28.9. The molecule has 3 aromatic heterocycles. The number of furan rings is 2. The van der Waals surface area contributed by atoms with E-state index in [1.165, 1.54) is 30.9 Å². The molecule has 252 valence electrons. The fourth-order valence-corrected chi connectivity index (χ4v) is 9.73. The van der Waals surface area contributed by atoms with Gasteiger partial charge in [-0.3, -0.25) is 0 Å². The minimum atomic E-state index is 0.870. The van der Waals surface area contributed by atoms with Gasteiger partial charge < -0.3 is 13.7 Å². The second kappa shape index (κ2) is 11.3. The van der Waals surface area contributed by atoms with Crippen LogP contribution >= 0.6 is 11.3 Å². The molecule has 0 fully saturated rings. The maximum atomic E-state index is 6.68. The second-order valence-corrected chi connectivity index (χ2v) is 15.1. The van der Waals surface area contributed by atoms with Crippen molar-refractivity contribution in [2.24, 2.45) is 0 Å². The normalized spacial score (nSPS) is 12.1. The SMILES string of the molecule is c1ccc2c(c1)ccc1c2oc2cccc(-c3ccc(N(c4ccc5c(c4)sc4ccccc45)c4cccc5oc6c7ccccc7ccc6c45)cc3)c21. The summed E-state index contributed by atoms with van der Waals surface area (Å²) in [6.07, 6.45) is 0. The smallest absolute Gasteiger partial charge is 0.143 e. The summed E-state index contributed by atoms with van der Waals surface area (Å²) in [5.74, 6) is 0. The number of hydrogen-bond acceptors (Lipinski definition) is 4. The third kappa shape index (κ3) is 4.29. The molecule has 0 unspecified atom stereocenters. The minimum Gasteiger partial charge on any atom is -0.455 e. The van der Waals surface area contributed by atoms with Gasteiger partial charge >= 0.3 is 0 Å². The van der Waals surface area contributed by atoms with Crippen LogP contribution in [0.1, 0.15) is 0 Å². The van der Waals surface area contributed by atoms with Crippen molar-refractivity contribution in [3.8, 4) is 11.1 Å². The topological polar surface area (TPSA) is 29.5 Å². The quantitative estimate of drug-likeness (QED) is 0.182. The van der Waals surface area contributed by atoms with Crippen LogP contribution in [0.2, 0.25) is 0 Å². The zero-order valence-corrected chi connectivity index (χ0v) is 29.7. The van der Waals surface area contributed by atoms with E-state index in [4.69, 9.17) is 8.83 Å². The Labute approximate surface area is 313 Å². The first-order valence-electron chi connectivity index (χ1n) is 18.2. The molecule has 3 nitrogen and oxygen atoms in total. The molecular weight excluding hydrogens is 679 g/mol. The molecule has 54 heavy (non-hydrogen) atoms. The molecule has 0 spiro atoms. The lowest BCUT2D eigenvalue weighted by Crippen LogP contribution is -2.10. The predicted molar refractivity (Wildman–Crippen MR) is 229 cm³/mol.